The number of thiocarbonyl (C=S) groups is 1. The van der Waals surface area contributed by atoms with Crippen LogP contribution in [0.15, 0.2) is 35.7 Å². The zero-order valence-corrected chi connectivity index (χ0v) is 11.8. The van der Waals surface area contributed by atoms with Gasteiger partial charge in [-0.3, -0.25) is 4.79 Å². The number of nitrogens with zero attached hydrogens (tertiary/aromatic N) is 1. The summed E-state index contributed by atoms with van der Waals surface area (Å²) in [4.78, 5) is 16.4. The van der Waals surface area contributed by atoms with E-state index in [1.807, 2.05) is 19.9 Å². The van der Waals surface area contributed by atoms with Crippen LogP contribution in [0.5, 0.6) is 0 Å². The predicted molar refractivity (Wildman–Crippen MR) is 78.1 cm³/mol. The highest BCUT2D eigenvalue weighted by molar-refractivity contribution is 7.81. The number of ketones is 1. The Kier molecular flexibility index (Phi) is 3.66. The third-order valence-electron chi connectivity index (χ3n) is 2.99. The number of carbonyl (C=O) groups is 1. The zero-order chi connectivity index (χ0) is 14.0. The highest BCUT2D eigenvalue weighted by Crippen LogP contribution is 2.36. The van der Waals surface area contributed by atoms with Crippen molar-refractivity contribution < 1.29 is 9.90 Å². The van der Waals surface area contributed by atoms with Crippen LogP contribution in [0, 0.1) is 5.41 Å². The predicted octanol–water partition coefficient (Wildman–Crippen LogP) is 3.02. The van der Waals surface area contributed by atoms with E-state index in [0.29, 0.717) is 18.7 Å². The number of hydrogen-bond acceptors (Lipinski definition) is 4. The van der Waals surface area contributed by atoms with Gasteiger partial charge in [0.25, 0.3) is 0 Å². The smallest absolute Gasteiger partial charge is 0.169 e. The fourth-order valence-electron chi connectivity index (χ4n) is 2.16. The van der Waals surface area contributed by atoms with Crippen molar-refractivity contribution in [3.63, 3.8) is 0 Å². The molecule has 1 heterocycles. The molecule has 1 aromatic rings. The molecular formula is C14H16N2O2S. The number of pyridine rings is 1. The summed E-state index contributed by atoms with van der Waals surface area (Å²) in [6.07, 6.45) is 2.47. The molecule has 0 aliphatic heterocycles. The van der Waals surface area contributed by atoms with Gasteiger partial charge in [0.15, 0.2) is 5.78 Å². The lowest BCUT2D eigenvalue weighted by Crippen LogP contribution is -2.31. The topological polar surface area (TPSA) is 62.2 Å². The molecule has 100 valence electrons. The van der Waals surface area contributed by atoms with Crippen LogP contribution in [0.3, 0.4) is 0 Å². The van der Waals surface area contributed by atoms with Crippen molar-refractivity contribution >= 4 is 28.8 Å². The fraction of sp³-hybridized carbons (Fsp3) is 0.357. The first-order valence-electron chi connectivity index (χ1n) is 6.07. The Balaban J connectivity index is 2.22. The van der Waals surface area contributed by atoms with Gasteiger partial charge in [-0.1, -0.05) is 32.1 Å². The molecule has 0 radical (unpaired) electrons. The number of Topliss-reactive ketones (excluding diaryl/α,β-unsaturated/α-hetero) is 1. The lowest BCUT2D eigenvalue weighted by Gasteiger charge is -2.29. The lowest BCUT2D eigenvalue weighted by atomic mass is 9.76. The minimum absolute atomic E-state index is 0.0645. The Morgan fingerprint density at radius 1 is 1.42 bits per heavy atom. The minimum atomic E-state index is -0.217. The number of aliphatic hydroxyl groups excluding tert-OH is 1. The monoisotopic (exact) mass is 276 g/mol. The van der Waals surface area contributed by atoms with Crippen LogP contribution in [-0.4, -0.2) is 20.9 Å². The normalized spacial score (nSPS) is 18.3. The molecule has 0 bridgehead atoms. The number of aromatic nitrogens is 1. The molecule has 1 aliphatic rings. The highest BCUT2D eigenvalue weighted by Gasteiger charge is 2.34. The van der Waals surface area contributed by atoms with Gasteiger partial charge in [-0.05, 0) is 17.5 Å². The van der Waals surface area contributed by atoms with Gasteiger partial charge in [-0.15, -0.1) is 0 Å². The fourth-order valence-corrected chi connectivity index (χ4v) is 2.50. The van der Waals surface area contributed by atoms with Crippen LogP contribution in [-0.2, 0) is 4.79 Å². The van der Waals surface area contributed by atoms with E-state index in [9.17, 15) is 9.90 Å². The summed E-state index contributed by atoms with van der Waals surface area (Å²) in [6.45, 7) is 3.90. The summed E-state index contributed by atoms with van der Waals surface area (Å²) in [6, 6.07) is 5.36. The average molecular weight is 276 g/mol. The van der Waals surface area contributed by atoms with Gasteiger partial charge in [0.1, 0.15) is 16.6 Å². The summed E-state index contributed by atoms with van der Waals surface area (Å²) in [5.74, 6) is 0.502. The summed E-state index contributed by atoms with van der Waals surface area (Å²) < 4.78 is 0. The lowest BCUT2D eigenvalue weighted by molar-refractivity contribution is -0.117. The molecule has 2 N–H and O–H groups in total. The van der Waals surface area contributed by atoms with Crippen LogP contribution < -0.4 is 5.32 Å². The summed E-state index contributed by atoms with van der Waals surface area (Å²) in [5.41, 5.74) is 0.00521. The molecule has 4 nitrogen and oxygen atoms in total. The minimum Gasteiger partial charge on any atom is -0.511 e. The number of nitrogens with one attached hydrogen (secondary N) is 1. The van der Waals surface area contributed by atoms with E-state index in [1.165, 1.54) is 0 Å². The van der Waals surface area contributed by atoms with Gasteiger partial charge < -0.3 is 10.4 Å². The van der Waals surface area contributed by atoms with E-state index in [0.717, 1.165) is 0 Å². The largest absolute Gasteiger partial charge is 0.511 e. The van der Waals surface area contributed by atoms with E-state index in [2.05, 4.69) is 10.3 Å². The standard InChI is InChI=1S/C14H16N2O2S/c1-14(2)7-9(17)12(10(18)8-14)13(19)16-11-5-3-4-6-15-11/h3-6,17H,7-8H2,1-2H3,(H,15,16,19). The SMILES string of the molecule is CC1(C)CC(=O)C(C(=S)Nc2ccccn2)=C(O)C1. The molecule has 0 saturated heterocycles. The number of allylic oxidation sites excluding steroid dienone is 1. The summed E-state index contributed by atoms with van der Waals surface area (Å²) >= 11 is 5.20. The Bertz CT molecular complexity index is 550. The van der Waals surface area contributed by atoms with Gasteiger partial charge in [0.2, 0.25) is 0 Å². The van der Waals surface area contributed by atoms with Crippen molar-refractivity contribution in [1.29, 1.82) is 0 Å². The Hall–Kier alpha value is -1.75. The van der Waals surface area contributed by atoms with Crippen molar-refractivity contribution in [2.24, 2.45) is 5.41 Å². The van der Waals surface area contributed by atoms with E-state index in [-0.39, 0.29) is 27.5 Å². The number of rotatable bonds is 2. The first-order chi connectivity index (χ1) is 8.89. The molecule has 5 heteroatoms. The second kappa shape index (κ2) is 5.09. The Labute approximate surface area is 117 Å². The van der Waals surface area contributed by atoms with Crippen LogP contribution in [0.2, 0.25) is 0 Å². The quantitative estimate of drug-likeness (QED) is 0.813. The van der Waals surface area contributed by atoms with Gasteiger partial charge in [0.05, 0.1) is 5.57 Å². The number of aliphatic hydroxyl groups is 1. The summed E-state index contributed by atoms with van der Waals surface area (Å²) in [5, 5.41) is 12.9. The molecule has 1 aliphatic carbocycles. The Morgan fingerprint density at radius 2 is 2.16 bits per heavy atom. The third kappa shape index (κ3) is 3.17. The van der Waals surface area contributed by atoms with Crippen molar-refractivity contribution in [2.45, 2.75) is 26.7 Å². The molecule has 19 heavy (non-hydrogen) atoms. The molecule has 0 fully saturated rings. The summed E-state index contributed by atoms with van der Waals surface area (Å²) in [7, 11) is 0. The van der Waals surface area contributed by atoms with E-state index in [1.54, 1.807) is 18.3 Å². The van der Waals surface area contributed by atoms with Gasteiger partial charge in [-0.2, -0.15) is 0 Å². The van der Waals surface area contributed by atoms with E-state index in [4.69, 9.17) is 12.2 Å². The number of hydrogen-bond donors (Lipinski definition) is 2. The molecule has 0 unspecified atom stereocenters. The zero-order valence-electron chi connectivity index (χ0n) is 10.9. The van der Waals surface area contributed by atoms with Crippen molar-refractivity contribution in [1.82, 2.24) is 4.98 Å². The van der Waals surface area contributed by atoms with Crippen molar-refractivity contribution in [3.8, 4) is 0 Å². The van der Waals surface area contributed by atoms with E-state index >= 15 is 0 Å². The first kappa shape index (κ1) is 13.7. The maximum atomic E-state index is 12.1. The van der Waals surface area contributed by atoms with Crippen molar-refractivity contribution in [3.05, 3.63) is 35.7 Å². The maximum absolute atomic E-state index is 12.1. The van der Waals surface area contributed by atoms with Crippen LogP contribution >= 0.6 is 12.2 Å². The molecule has 0 atom stereocenters. The molecule has 0 aromatic carbocycles. The third-order valence-corrected chi connectivity index (χ3v) is 3.29. The van der Waals surface area contributed by atoms with Gasteiger partial charge >= 0.3 is 0 Å². The first-order valence-corrected chi connectivity index (χ1v) is 6.47. The molecular weight excluding hydrogens is 260 g/mol. The second-order valence-electron chi connectivity index (χ2n) is 5.43. The Morgan fingerprint density at radius 3 is 2.74 bits per heavy atom. The molecule has 0 amide bonds. The van der Waals surface area contributed by atoms with E-state index < -0.39 is 0 Å². The maximum Gasteiger partial charge on any atom is 0.169 e. The molecule has 2 rings (SSSR count). The van der Waals surface area contributed by atoms with Crippen LogP contribution in [0.4, 0.5) is 5.82 Å². The second-order valence-corrected chi connectivity index (χ2v) is 5.84. The highest BCUT2D eigenvalue weighted by atomic mass is 32.1. The number of anilines is 1. The van der Waals surface area contributed by atoms with Crippen LogP contribution in [0.1, 0.15) is 26.7 Å². The number of carbonyl (C=O) groups excluding carboxylic acids is 1. The average Bonchev–Trinajstić information content (AvgIpc) is 2.27. The van der Waals surface area contributed by atoms with Gasteiger partial charge in [0, 0.05) is 19.0 Å². The molecule has 1 aromatic heterocycles. The van der Waals surface area contributed by atoms with Crippen LogP contribution in [0.25, 0.3) is 0 Å². The molecule has 0 saturated carbocycles. The van der Waals surface area contributed by atoms with Gasteiger partial charge in [-0.25, -0.2) is 4.98 Å². The van der Waals surface area contributed by atoms with Crippen molar-refractivity contribution in [2.75, 3.05) is 5.32 Å². The molecule has 0 spiro atoms.